The Kier molecular flexibility index (Phi) is 4.05. The van der Waals surface area contributed by atoms with Gasteiger partial charge in [-0.1, -0.05) is 27.7 Å². The summed E-state index contributed by atoms with van der Waals surface area (Å²) in [7, 11) is 0. The molecule has 2 nitrogen and oxygen atoms in total. The minimum atomic E-state index is 0.468. The van der Waals surface area contributed by atoms with Crippen LogP contribution in [0, 0.1) is 5.92 Å². The van der Waals surface area contributed by atoms with Gasteiger partial charge in [0.2, 0.25) is 0 Å². The molecular formula is C16H23NO. The Balaban J connectivity index is 2.58. The Bertz CT molecular complexity index is 435. The van der Waals surface area contributed by atoms with Gasteiger partial charge < -0.3 is 4.74 Å². The Morgan fingerprint density at radius 1 is 1.28 bits per heavy atom. The van der Waals surface area contributed by atoms with Crippen molar-refractivity contribution < 1.29 is 4.74 Å². The molecular weight excluding hydrogens is 222 g/mol. The molecule has 2 heterocycles. The van der Waals surface area contributed by atoms with Gasteiger partial charge in [-0.15, -0.1) is 0 Å². The van der Waals surface area contributed by atoms with E-state index in [0.29, 0.717) is 17.8 Å². The fraction of sp³-hybridized carbons (Fsp3) is 0.562. The first-order valence-corrected chi connectivity index (χ1v) is 6.88. The van der Waals surface area contributed by atoms with Gasteiger partial charge in [0, 0.05) is 11.9 Å². The molecule has 1 aromatic rings. The number of rotatable bonds is 2. The van der Waals surface area contributed by atoms with Crippen LogP contribution in [0.2, 0.25) is 0 Å². The summed E-state index contributed by atoms with van der Waals surface area (Å²) in [5.74, 6) is 1.62. The second-order valence-electron chi connectivity index (χ2n) is 5.67. The molecule has 1 aliphatic rings. The molecule has 0 aromatic carbocycles. The summed E-state index contributed by atoms with van der Waals surface area (Å²) >= 11 is 0. The summed E-state index contributed by atoms with van der Waals surface area (Å²) in [6, 6.07) is 2.10. The molecule has 0 radical (unpaired) electrons. The van der Waals surface area contributed by atoms with Crippen molar-refractivity contribution in [3.63, 3.8) is 0 Å². The number of hydrogen-bond donors (Lipinski definition) is 0. The standard InChI is InChI=1S/C16H23NO/c1-11(2)14-7-10-18-9-6-13-5-8-17-16(12(3)4)15(13)14/h5-6,8-9,11-12,14H,7,10H2,1-4H3. The van der Waals surface area contributed by atoms with Crippen LogP contribution in [0.3, 0.4) is 0 Å². The molecule has 0 amide bonds. The molecule has 1 aromatic heterocycles. The van der Waals surface area contributed by atoms with Crippen LogP contribution in [0.15, 0.2) is 18.5 Å². The summed E-state index contributed by atoms with van der Waals surface area (Å²) in [5, 5.41) is 0. The van der Waals surface area contributed by atoms with Gasteiger partial charge in [0.25, 0.3) is 0 Å². The van der Waals surface area contributed by atoms with Crippen LogP contribution in [0.1, 0.15) is 62.8 Å². The zero-order valence-electron chi connectivity index (χ0n) is 11.8. The maximum Gasteiger partial charge on any atom is 0.0879 e. The number of aromatic nitrogens is 1. The largest absolute Gasteiger partial charge is 0.501 e. The summed E-state index contributed by atoms with van der Waals surface area (Å²) in [4.78, 5) is 4.62. The first kappa shape index (κ1) is 13.1. The van der Waals surface area contributed by atoms with E-state index in [4.69, 9.17) is 4.74 Å². The molecule has 0 aliphatic carbocycles. The first-order chi connectivity index (χ1) is 8.61. The maximum absolute atomic E-state index is 5.51. The van der Waals surface area contributed by atoms with Crippen molar-refractivity contribution >= 4 is 6.08 Å². The monoisotopic (exact) mass is 245 g/mol. The molecule has 0 bridgehead atoms. The van der Waals surface area contributed by atoms with Gasteiger partial charge in [-0.05, 0) is 47.4 Å². The topological polar surface area (TPSA) is 22.1 Å². The van der Waals surface area contributed by atoms with Gasteiger partial charge in [0.15, 0.2) is 0 Å². The van der Waals surface area contributed by atoms with Crippen molar-refractivity contribution in [3.8, 4) is 0 Å². The van der Waals surface area contributed by atoms with E-state index < -0.39 is 0 Å². The van der Waals surface area contributed by atoms with Crippen LogP contribution in [0.4, 0.5) is 0 Å². The first-order valence-electron chi connectivity index (χ1n) is 6.88. The van der Waals surface area contributed by atoms with E-state index in [0.717, 1.165) is 13.0 Å². The third-order valence-electron chi connectivity index (χ3n) is 3.67. The molecule has 18 heavy (non-hydrogen) atoms. The number of hydrogen-bond acceptors (Lipinski definition) is 2. The summed E-state index contributed by atoms with van der Waals surface area (Å²) < 4.78 is 5.51. The van der Waals surface area contributed by atoms with Gasteiger partial charge in [-0.25, -0.2) is 0 Å². The highest BCUT2D eigenvalue weighted by Crippen LogP contribution is 2.36. The highest BCUT2D eigenvalue weighted by atomic mass is 16.5. The van der Waals surface area contributed by atoms with Crippen LogP contribution in [0.25, 0.3) is 6.08 Å². The van der Waals surface area contributed by atoms with E-state index in [2.05, 4.69) is 44.8 Å². The van der Waals surface area contributed by atoms with E-state index in [1.165, 1.54) is 16.8 Å². The maximum atomic E-state index is 5.51. The van der Waals surface area contributed by atoms with Gasteiger partial charge in [0.05, 0.1) is 12.9 Å². The van der Waals surface area contributed by atoms with Crippen LogP contribution < -0.4 is 0 Å². The summed E-state index contributed by atoms with van der Waals surface area (Å²) in [5.41, 5.74) is 3.95. The lowest BCUT2D eigenvalue weighted by atomic mass is 9.80. The molecule has 0 saturated heterocycles. The lowest BCUT2D eigenvalue weighted by molar-refractivity contribution is 0.225. The molecule has 0 N–H and O–H groups in total. The number of fused-ring (bicyclic) bond motifs is 1. The Morgan fingerprint density at radius 2 is 2.06 bits per heavy atom. The molecule has 1 atom stereocenters. The van der Waals surface area contributed by atoms with E-state index in [9.17, 15) is 0 Å². The molecule has 0 spiro atoms. The van der Waals surface area contributed by atoms with Gasteiger partial charge in [0.1, 0.15) is 0 Å². The van der Waals surface area contributed by atoms with E-state index in [1.54, 1.807) is 0 Å². The third kappa shape index (κ3) is 2.58. The molecule has 0 saturated carbocycles. The lowest BCUT2D eigenvalue weighted by Gasteiger charge is -2.27. The average molecular weight is 245 g/mol. The molecule has 2 rings (SSSR count). The third-order valence-corrected chi connectivity index (χ3v) is 3.67. The van der Waals surface area contributed by atoms with Gasteiger partial charge >= 0.3 is 0 Å². The van der Waals surface area contributed by atoms with Gasteiger partial charge in [-0.3, -0.25) is 4.98 Å². The van der Waals surface area contributed by atoms with Crippen molar-refractivity contribution in [2.24, 2.45) is 5.92 Å². The normalized spacial score (nSPS) is 19.3. The van der Waals surface area contributed by atoms with E-state index >= 15 is 0 Å². The highest BCUT2D eigenvalue weighted by Gasteiger charge is 2.24. The molecule has 2 heteroatoms. The zero-order chi connectivity index (χ0) is 13.1. The molecule has 1 aliphatic heterocycles. The second kappa shape index (κ2) is 5.55. The van der Waals surface area contributed by atoms with Crippen molar-refractivity contribution in [3.05, 3.63) is 35.3 Å². The van der Waals surface area contributed by atoms with E-state index in [-0.39, 0.29) is 0 Å². The minimum Gasteiger partial charge on any atom is -0.501 e. The SMILES string of the molecule is CC(C)c1nccc2c1C(C(C)C)CCOC=C2. The Hall–Kier alpha value is -1.31. The van der Waals surface area contributed by atoms with E-state index in [1.807, 2.05) is 12.5 Å². The minimum absolute atomic E-state index is 0.468. The highest BCUT2D eigenvalue weighted by molar-refractivity contribution is 5.56. The van der Waals surface area contributed by atoms with Crippen LogP contribution in [-0.4, -0.2) is 11.6 Å². The fourth-order valence-electron chi connectivity index (χ4n) is 2.71. The predicted molar refractivity (Wildman–Crippen MR) is 75.5 cm³/mol. The van der Waals surface area contributed by atoms with Crippen LogP contribution in [-0.2, 0) is 4.74 Å². The quantitative estimate of drug-likeness (QED) is 0.773. The van der Waals surface area contributed by atoms with Crippen molar-refractivity contribution in [1.82, 2.24) is 4.98 Å². The predicted octanol–water partition coefficient (Wildman–Crippen LogP) is 4.34. The molecule has 98 valence electrons. The molecule has 1 unspecified atom stereocenters. The number of pyridine rings is 1. The van der Waals surface area contributed by atoms with Crippen molar-refractivity contribution in [1.29, 1.82) is 0 Å². The van der Waals surface area contributed by atoms with Gasteiger partial charge in [-0.2, -0.15) is 0 Å². The second-order valence-corrected chi connectivity index (χ2v) is 5.67. The fourth-order valence-corrected chi connectivity index (χ4v) is 2.71. The lowest BCUT2D eigenvalue weighted by Crippen LogP contribution is -2.16. The zero-order valence-corrected chi connectivity index (χ0v) is 11.8. The van der Waals surface area contributed by atoms with Crippen LogP contribution >= 0.6 is 0 Å². The average Bonchev–Trinajstić information content (AvgIpc) is 2.28. The smallest absolute Gasteiger partial charge is 0.0879 e. The Morgan fingerprint density at radius 3 is 2.72 bits per heavy atom. The number of nitrogens with zero attached hydrogens (tertiary/aromatic N) is 1. The number of ether oxygens (including phenoxy) is 1. The van der Waals surface area contributed by atoms with Crippen molar-refractivity contribution in [2.75, 3.05) is 6.61 Å². The summed E-state index contributed by atoms with van der Waals surface area (Å²) in [6.45, 7) is 9.82. The van der Waals surface area contributed by atoms with Crippen LogP contribution in [0.5, 0.6) is 0 Å². The summed E-state index contributed by atoms with van der Waals surface area (Å²) in [6.07, 6.45) is 6.88. The molecule has 0 fully saturated rings. The van der Waals surface area contributed by atoms with Crippen molar-refractivity contribution in [2.45, 2.75) is 46.0 Å². The Labute approximate surface area is 110 Å².